The summed E-state index contributed by atoms with van der Waals surface area (Å²) in [5.41, 5.74) is 1.47. The van der Waals surface area contributed by atoms with Gasteiger partial charge in [0.25, 0.3) is 0 Å². The van der Waals surface area contributed by atoms with Crippen molar-refractivity contribution < 1.29 is 9.59 Å². The highest BCUT2D eigenvalue weighted by molar-refractivity contribution is 6.04. The van der Waals surface area contributed by atoms with E-state index < -0.39 is 5.41 Å². The molecule has 5 nitrogen and oxygen atoms in total. The standard InChI is InChI=1S/C22H33N3O2/c1-17-7-5-9-19(15-17)23-11-13-24(14-12-23)20(26)22(3,4)21(27)25-10-6-8-18(2)16-25/h5,7,9,15,18H,6,8,10-14,16H2,1-4H3. The Labute approximate surface area is 163 Å². The first-order valence-corrected chi connectivity index (χ1v) is 10.2. The van der Waals surface area contributed by atoms with Crippen LogP contribution >= 0.6 is 0 Å². The van der Waals surface area contributed by atoms with Crippen molar-refractivity contribution in [3.8, 4) is 0 Å². The molecule has 27 heavy (non-hydrogen) atoms. The van der Waals surface area contributed by atoms with Crippen molar-refractivity contribution in [3.05, 3.63) is 29.8 Å². The molecule has 3 rings (SSSR count). The molecule has 1 unspecified atom stereocenters. The lowest BCUT2D eigenvalue weighted by atomic mass is 9.87. The minimum absolute atomic E-state index is 0.0137. The average molecular weight is 372 g/mol. The molecule has 2 fully saturated rings. The number of carbonyl (C=O) groups is 2. The van der Waals surface area contributed by atoms with Gasteiger partial charge in [0.05, 0.1) is 0 Å². The summed E-state index contributed by atoms with van der Waals surface area (Å²) in [5.74, 6) is 0.473. The maximum Gasteiger partial charge on any atom is 0.237 e. The van der Waals surface area contributed by atoms with Crippen LogP contribution in [0.25, 0.3) is 0 Å². The highest BCUT2D eigenvalue weighted by Gasteiger charge is 2.43. The number of amides is 2. The molecule has 0 aromatic heterocycles. The monoisotopic (exact) mass is 371 g/mol. The number of piperazine rings is 1. The SMILES string of the molecule is Cc1cccc(N2CCN(C(=O)C(C)(C)C(=O)N3CCCC(C)C3)CC2)c1. The lowest BCUT2D eigenvalue weighted by Gasteiger charge is -2.41. The second-order valence-corrected chi connectivity index (χ2v) is 8.74. The Kier molecular flexibility index (Phi) is 5.78. The summed E-state index contributed by atoms with van der Waals surface area (Å²) in [6.07, 6.45) is 2.20. The molecule has 0 radical (unpaired) electrons. The van der Waals surface area contributed by atoms with Crippen LogP contribution in [0.1, 0.15) is 39.2 Å². The van der Waals surface area contributed by atoms with Crippen molar-refractivity contribution in [1.29, 1.82) is 0 Å². The maximum absolute atomic E-state index is 13.1. The molecule has 1 aromatic rings. The summed E-state index contributed by atoms with van der Waals surface area (Å²) < 4.78 is 0. The van der Waals surface area contributed by atoms with Gasteiger partial charge in [0.2, 0.25) is 11.8 Å². The number of piperidine rings is 1. The topological polar surface area (TPSA) is 43.9 Å². The Balaban J connectivity index is 1.61. The van der Waals surface area contributed by atoms with Gasteiger partial charge in [-0.1, -0.05) is 19.1 Å². The van der Waals surface area contributed by atoms with Crippen molar-refractivity contribution in [1.82, 2.24) is 9.80 Å². The van der Waals surface area contributed by atoms with Crippen LogP contribution in [0.5, 0.6) is 0 Å². The van der Waals surface area contributed by atoms with Gasteiger partial charge in [-0.3, -0.25) is 9.59 Å². The van der Waals surface area contributed by atoms with Gasteiger partial charge in [-0.05, 0) is 57.2 Å². The van der Waals surface area contributed by atoms with Gasteiger partial charge in [0, 0.05) is 45.0 Å². The van der Waals surface area contributed by atoms with Crippen molar-refractivity contribution in [2.45, 2.75) is 40.5 Å². The smallest absolute Gasteiger partial charge is 0.237 e. The highest BCUT2D eigenvalue weighted by atomic mass is 16.2. The molecular formula is C22H33N3O2. The molecule has 0 N–H and O–H groups in total. The Hall–Kier alpha value is -2.04. The lowest BCUT2D eigenvalue weighted by Crippen LogP contribution is -2.56. The maximum atomic E-state index is 13.1. The molecule has 5 heteroatoms. The molecule has 1 aromatic carbocycles. The summed E-state index contributed by atoms with van der Waals surface area (Å²) >= 11 is 0. The van der Waals surface area contributed by atoms with E-state index in [9.17, 15) is 9.59 Å². The number of rotatable bonds is 3. The molecule has 0 bridgehead atoms. The van der Waals surface area contributed by atoms with Crippen molar-refractivity contribution >= 4 is 17.5 Å². The predicted molar refractivity (Wildman–Crippen MR) is 109 cm³/mol. The largest absolute Gasteiger partial charge is 0.368 e. The van der Waals surface area contributed by atoms with E-state index in [1.165, 1.54) is 17.7 Å². The van der Waals surface area contributed by atoms with Gasteiger partial charge in [-0.25, -0.2) is 0 Å². The molecule has 1 atom stereocenters. The van der Waals surface area contributed by atoms with Crippen LogP contribution in [-0.4, -0.2) is 60.9 Å². The van der Waals surface area contributed by atoms with Gasteiger partial charge in [-0.2, -0.15) is 0 Å². The fraction of sp³-hybridized carbons (Fsp3) is 0.636. The third-order valence-corrected chi connectivity index (χ3v) is 5.95. The first-order valence-electron chi connectivity index (χ1n) is 10.2. The van der Waals surface area contributed by atoms with Crippen LogP contribution in [0.4, 0.5) is 5.69 Å². The Morgan fingerprint density at radius 2 is 1.67 bits per heavy atom. The van der Waals surface area contributed by atoms with Crippen LogP contribution in [-0.2, 0) is 9.59 Å². The average Bonchev–Trinajstić information content (AvgIpc) is 2.67. The molecule has 2 amide bonds. The van der Waals surface area contributed by atoms with E-state index in [0.29, 0.717) is 19.0 Å². The zero-order valence-electron chi connectivity index (χ0n) is 17.2. The van der Waals surface area contributed by atoms with Crippen molar-refractivity contribution in [2.24, 2.45) is 11.3 Å². The summed E-state index contributed by atoms with van der Waals surface area (Å²) in [6, 6.07) is 8.47. The quantitative estimate of drug-likeness (QED) is 0.768. The van der Waals surface area contributed by atoms with E-state index in [2.05, 4.69) is 43.0 Å². The lowest BCUT2D eigenvalue weighted by molar-refractivity contribution is -0.155. The zero-order chi connectivity index (χ0) is 19.6. The second kappa shape index (κ2) is 7.91. The number of likely N-dealkylation sites (tertiary alicyclic amines) is 1. The van der Waals surface area contributed by atoms with E-state index in [0.717, 1.165) is 32.6 Å². The number of nitrogens with zero attached hydrogens (tertiary/aromatic N) is 3. The fourth-order valence-corrected chi connectivity index (χ4v) is 4.25. The predicted octanol–water partition coefficient (Wildman–Crippen LogP) is 2.93. The van der Waals surface area contributed by atoms with Crippen LogP contribution in [0.3, 0.4) is 0 Å². The minimum atomic E-state index is -0.984. The first-order chi connectivity index (χ1) is 12.8. The third kappa shape index (κ3) is 4.28. The summed E-state index contributed by atoms with van der Waals surface area (Å²) in [4.78, 5) is 32.3. The first kappa shape index (κ1) is 19.7. The molecule has 0 spiro atoms. The second-order valence-electron chi connectivity index (χ2n) is 8.74. The molecule has 148 valence electrons. The summed E-state index contributed by atoms with van der Waals surface area (Å²) in [6.45, 7) is 12.4. The van der Waals surface area contributed by atoms with E-state index in [1.54, 1.807) is 13.8 Å². The van der Waals surface area contributed by atoms with Gasteiger partial charge >= 0.3 is 0 Å². The van der Waals surface area contributed by atoms with E-state index in [-0.39, 0.29) is 11.8 Å². The third-order valence-electron chi connectivity index (χ3n) is 5.95. The summed E-state index contributed by atoms with van der Waals surface area (Å²) in [7, 11) is 0. The molecule has 2 aliphatic heterocycles. The Morgan fingerprint density at radius 3 is 2.30 bits per heavy atom. The molecule has 0 aliphatic carbocycles. The number of hydrogen-bond donors (Lipinski definition) is 0. The molecule has 2 saturated heterocycles. The molecule has 0 saturated carbocycles. The Bertz CT molecular complexity index is 693. The van der Waals surface area contributed by atoms with Crippen LogP contribution in [0.15, 0.2) is 24.3 Å². The van der Waals surface area contributed by atoms with Crippen LogP contribution < -0.4 is 4.90 Å². The van der Waals surface area contributed by atoms with E-state index in [4.69, 9.17) is 0 Å². The highest BCUT2D eigenvalue weighted by Crippen LogP contribution is 2.27. The van der Waals surface area contributed by atoms with Crippen molar-refractivity contribution in [2.75, 3.05) is 44.2 Å². The zero-order valence-corrected chi connectivity index (χ0v) is 17.2. The molecule has 2 aliphatic rings. The molecule has 2 heterocycles. The van der Waals surface area contributed by atoms with Crippen molar-refractivity contribution in [3.63, 3.8) is 0 Å². The normalized spacial score (nSPS) is 21.3. The summed E-state index contributed by atoms with van der Waals surface area (Å²) in [5, 5.41) is 0. The number of aryl methyl sites for hydroxylation is 1. The van der Waals surface area contributed by atoms with E-state index >= 15 is 0 Å². The number of anilines is 1. The van der Waals surface area contributed by atoms with Gasteiger partial charge < -0.3 is 14.7 Å². The Morgan fingerprint density at radius 1 is 1.00 bits per heavy atom. The number of benzene rings is 1. The van der Waals surface area contributed by atoms with Gasteiger partial charge in [0.1, 0.15) is 5.41 Å². The van der Waals surface area contributed by atoms with Gasteiger partial charge in [0.15, 0.2) is 0 Å². The van der Waals surface area contributed by atoms with Crippen LogP contribution in [0, 0.1) is 18.3 Å². The number of carbonyl (C=O) groups excluding carboxylic acids is 2. The number of hydrogen-bond acceptors (Lipinski definition) is 3. The minimum Gasteiger partial charge on any atom is -0.368 e. The van der Waals surface area contributed by atoms with Crippen LogP contribution in [0.2, 0.25) is 0 Å². The molecular weight excluding hydrogens is 338 g/mol. The van der Waals surface area contributed by atoms with E-state index in [1.807, 2.05) is 9.80 Å². The fourth-order valence-electron chi connectivity index (χ4n) is 4.25. The van der Waals surface area contributed by atoms with Gasteiger partial charge in [-0.15, -0.1) is 0 Å².